The van der Waals surface area contributed by atoms with Crippen molar-refractivity contribution in [2.45, 2.75) is 13.5 Å². The lowest BCUT2D eigenvalue weighted by Gasteiger charge is -2.07. The normalized spacial score (nSPS) is 10.6. The molecule has 0 fully saturated rings. The van der Waals surface area contributed by atoms with E-state index in [2.05, 4.69) is 4.98 Å². The van der Waals surface area contributed by atoms with Crippen molar-refractivity contribution in [2.75, 3.05) is 0 Å². The van der Waals surface area contributed by atoms with Crippen molar-refractivity contribution in [1.82, 2.24) is 4.98 Å². The fourth-order valence-corrected chi connectivity index (χ4v) is 1.72. The Morgan fingerprint density at radius 2 is 1.76 bits per heavy atom. The highest BCUT2D eigenvalue weighted by molar-refractivity contribution is 5.65. The molecule has 1 heterocycles. The number of halogens is 2. The molecule has 1 N–H and O–H groups in total. The lowest BCUT2D eigenvalue weighted by atomic mass is 10.0. The highest BCUT2D eigenvalue weighted by Gasteiger charge is 2.07. The number of aliphatic hydroxyl groups excluding tert-OH is 1. The minimum atomic E-state index is -0.620. The van der Waals surface area contributed by atoms with Crippen LogP contribution in [0.5, 0.6) is 0 Å². The van der Waals surface area contributed by atoms with Crippen LogP contribution in [0.15, 0.2) is 30.3 Å². The average Bonchev–Trinajstić information content (AvgIpc) is 2.27. The Bertz CT molecular complexity index is 535. The van der Waals surface area contributed by atoms with Crippen LogP contribution < -0.4 is 0 Å². The Kier molecular flexibility index (Phi) is 3.15. The second-order valence-corrected chi connectivity index (χ2v) is 3.75. The molecular formula is C13H11F2NO. The van der Waals surface area contributed by atoms with E-state index in [0.29, 0.717) is 22.5 Å². The summed E-state index contributed by atoms with van der Waals surface area (Å²) in [5, 5.41) is 8.93. The fraction of sp³-hybridized carbons (Fsp3) is 0.154. The molecule has 17 heavy (non-hydrogen) atoms. The molecule has 2 nitrogen and oxygen atoms in total. The first kappa shape index (κ1) is 11.7. The van der Waals surface area contributed by atoms with Crippen molar-refractivity contribution in [3.05, 3.63) is 53.4 Å². The largest absolute Gasteiger partial charge is 0.390 e. The van der Waals surface area contributed by atoms with Crippen molar-refractivity contribution in [3.8, 4) is 11.1 Å². The van der Waals surface area contributed by atoms with Gasteiger partial charge in [-0.2, -0.15) is 0 Å². The number of pyridine rings is 1. The van der Waals surface area contributed by atoms with Crippen molar-refractivity contribution in [3.63, 3.8) is 0 Å². The first-order valence-electron chi connectivity index (χ1n) is 5.14. The summed E-state index contributed by atoms with van der Waals surface area (Å²) in [5.41, 5.74) is 2.25. The summed E-state index contributed by atoms with van der Waals surface area (Å²) in [6, 6.07) is 6.67. The van der Waals surface area contributed by atoms with Gasteiger partial charge in [0.1, 0.15) is 11.6 Å². The molecule has 0 spiro atoms. The van der Waals surface area contributed by atoms with Gasteiger partial charge in [-0.1, -0.05) is 6.07 Å². The smallest absolute Gasteiger partial charge is 0.126 e. The SMILES string of the molecule is Cc1nc(CO)ccc1-c1cc(F)cc(F)c1. The van der Waals surface area contributed by atoms with Crippen LogP contribution in [0, 0.1) is 18.6 Å². The Morgan fingerprint density at radius 3 is 2.29 bits per heavy atom. The van der Waals surface area contributed by atoms with Gasteiger partial charge < -0.3 is 5.11 Å². The second-order valence-electron chi connectivity index (χ2n) is 3.75. The molecule has 0 bridgehead atoms. The molecule has 0 aliphatic heterocycles. The van der Waals surface area contributed by atoms with E-state index in [-0.39, 0.29) is 6.61 Å². The average molecular weight is 235 g/mol. The highest BCUT2D eigenvalue weighted by atomic mass is 19.1. The van der Waals surface area contributed by atoms with Gasteiger partial charge in [-0.3, -0.25) is 4.98 Å². The van der Waals surface area contributed by atoms with E-state index in [0.717, 1.165) is 6.07 Å². The number of benzene rings is 1. The first-order valence-corrected chi connectivity index (χ1v) is 5.14. The van der Waals surface area contributed by atoms with Gasteiger partial charge in [0.2, 0.25) is 0 Å². The Morgan fingerprint density at radius 1 is 1.12 bits per heavy atom. The molecule has 0 atom stereocenters. The standard InChI is InChI=1S/C13H11F2NO/c1-8-13(3-2-12(7-17)16-8)9-4-10(14)6-11(15)5-9/h2-6,17H,7H2,1H3. The monoisotopic (exact) mass is 235 g/mol. The van der Waals surface area contributed by atoms with Crippen molar-refractivity contribution in [2.24, 2.45) is 0 Å². The quantitative estimate of drug-likeness (QED) is 0.868. The van der Waals surface area contributed by atoms with Crippen LogP contribution in [0.4, 0.5) is 8.78 Å². The molecule has 1 aromatic heterocycles. The molecule has 0 unspecified atom stereocenters. The predicted molar refractivity (Wildman–Crippen MR) is 60.2 cm³/mol. The first-order chi connectivity index (χ1) is 8.10. The van der Waals surface area contributed by atoms with Crippen LogP contribution in [0.25, 0.3) is 11.1 Å². The molecule has 0 saturated carbocycles. The lowest BCUT2D eigenvalue weighted by molar-refractivity contribution is 0.276. The van der Waals surface area contributed by atoms with Gasteiger partial charge in [-0.15, -0.1) is 0 Å². The minimum absolute atomic E-state index is 0.154. The molecule has 2 aromatic rings. The van der Waals surface area contributed by atoms with Crippen LogP contribution >= 0.6 is 0 Å². The molecule has 2 rings (SSSR count). The van der Waals surface area contributed by atoms with Crippen molar-refractivity contribution < 1.29 is 13.9 Å². The number of aromatic nitrogens is 1. The molecule has 0 aliphatic carbocycles. The number of hydrogen-bond donors (Lipinski definition) is 1. The van der Waals surface area contributed by atoms with Gasteiger partial charge in [0.15, 0.2) is 0 Å². The molecule has 88 valence electrons. The summed E-state index contributed by atoms with van der Waals surface area (Å²) in [6.45, 7) is 1.58. The van der Waals surface area contributed by atoms with Crippen LogP contribution in [-0.4, -0.2) is 10.1 Å². The van der Waals surface area contributed by atoms with Crippen molar-refractivity contribution in [1.29, 1.82) is 0 Å². The van der Waals surface area contributed by atoms with E-state index in [1.54, 1.807) is 19.1 Å². The third-order valence-electron chi connectivity index (χ3n) is 2.48. The molecule has 0 aliphatic rings. The topological polar surface area (TPSA) is 33.1 Å². The summed E-state index contributed by atoms with van der Waals surface area (Å²) in [4.78, 5) is 4.13. The number of aliphatic hydroxyl groups is 1. The van der Waals surface area contributed by atoms with E-state index in [1.807, 2.05) is 0 Å². The number of rotatable bonds is 2. The zero-order valence-corrected chi connectivity index (χ0v) is 9.24. The Balaban J connectivity index is 2.52. The maximum absolute atomic E-state index is 13.1. The molecule has 0 saturated heterocycles. The van der Waals surface area contributed by atoms with Gasteiger partial charge >= 0.3 is 0 Å². The van der Waals surface area contributed by atoms with Gasteiger partial charge in [0.25, 0.3) is 0 Å². The van der Waals surface area contributed by atoms with Gasteiger partial charge in [-0.05, 0) is 30.7 Å². The van der Waals surface area contributed by atoms with E-state index < -0.39 is 11.6 Å². The van der Waals surface area contributed by atoms with E-state index in [4.69, 9.17) is 5.11 Å². The van der Waals surface area contributed by atoms with Crippen LogP contribution in [0.1, 0.15) is 11.4 Å². The Hall–Kier alpha value is -1.81. The van der Waals surface area contributed by atoms with Gasteiger partial charge in [0.05, 0.1) is 12.3 Å². The fourth-order valence-electron chi connectivity index (χ4n) is 1.72. The van der Waals surface area contributed by atoms with Gasteiger partial charge in [-0.25, -0.2) is 8.78 Å². The molecule has 0 radical (unpaired) electrons. The van der Waals surface area contributed by atoms with E-state index >= 15 is 0 Å². The zero-order valence-electron chi connectivity index (χ0n) is 9.24. The Labute approximate surface area is 97.6 Å². The number of aryl methyl sites for hydroxylation is 1. The maximum atomic E-state index is 13.1. The van der Waals surface area contributed by atoms with Crippen LogP contribution in [0.3, 0.4) is 0 Å². The summed E-state index contributed by atoms with van der Waals surface area (Å²) >= 11 is 0. The zero-order chi connectivity index (χ0) is 12.4. The summed E-state index contributed by atoms with van der Waals surface area (Å²) in [5.74, 6) is -1.24. The number of nitrogens with zero attached hydrogens (tertiary/aromatic N) is 1. The lowest BCUT2D eigenvalue weighted by Crippen LogP contribution is -1.95. The van der Waals surface area contributed by atoms with Crippen LogP contribution in [-0.2, 0) is 6.61 Å². The summed E-state index contributed by atoms with van der Waals surface area (Å²) in [7, 11) is 0. The number of hydrogen-bond acceptors (Lipinski definition) is 2. The van der Waals surface area contributed by atoms with Crippen LogP contribution in [0.2, 0.25) is 0 Å². The minimum Gasteiger partial charge on any atom is -0.390 e. The molecule has 1 aromatic carbocycles. The molecular weight excluding hydrogens is 224 g/mol. The van der Waals surface area contributed by atoms with Gasteiger partial charge in [0, 0.05) is 17.3 Å². The molecule has 0 amide bonds. The summed E-state index contributed by atoms with van der Waals surface area (Å²) < 4.78 is 26.2. The second kappa shape index (κ2) is 4.59. The maximum Gasteiger partial charge on any atom is 0.126 e. The molecule has 4 heteroatoms. The van der Waals surface area contributed by atoms with E-state index in [9.17, 15) is 8.78 Å². The predicted octanol–water partition coefficient (Wildman–Crippen LogP) is 2.83. The van der Waals surface area contributed by atoms with E-state index in [1.165, 1.54) is 12.1 Å². The highest BCUT2D eigenvalue weighted by Crippen LogP contribution is 2.24. The third kappa shape index (κ3) is 2.47. The van der Waals surface area contributed by atoms with Crippen molar-refractivity contribution >= 4 is 0 Å². The third-order valence-corrected chi connectivity index (χ3v) is 2.48. The summed E-state index contributed by atoms with van der Waals surface area (Å²) in [6.07, 6.45) is 0.